The molecule has 3 heterocycles. The van der Waals surface area contributed by atoms with Gasteiger partial charge in [0.2, 0.25) is 11.8 Å². The van der Waals surface area contributed by atoms with Crippen molar-refractivity contribution in [2.45, 2.75) is 24.7 Å². The van der Waals surface area contributed by atoms with Gasteiger partial charge in [0.1, 0.15) is 17.3 Å². The van der Waals surface area contributed by atoms with Crippen LogP contribution >= 0.6 is 34.2 Å². The number of nitrogens with one attached hydrogen (secondary N) is 1. The Labute approximate surface area is 322 Å². The molecule has 4 aromatic rings. The molecule has 2 saturated heterocycles. The van der Waals surface area contributed by atoms with Crippen molar-refractivity contribution in [2.24, 2.45) is 29.6 Å². The molecule has 2 N–H and O–H groups in total. The van der Waals surface area contributed by atoms with E-state index >= 15 is 4.79 Å². The van der Waals surface area contributed by atoms with Gasteiger partial charge in [-0.1, -0.05) is 35.4 Å². The summed E-state index contributed by atoms with van der Waals surface area (Å²) in [7, 11) is 0. The lowest BCUT2D eigenvalue weighted by Crippen LogP contribution is -2.55. The van der Waals surface area contributed by atoms with Gasteiger partial charge in [-0.25, -0.2) is 4.39 Å². The molecule has 0 aromatic heterocycles. The first-order valence-corrected chi connectivity index (χ1v) is 18.7. The van der Waals surface area contributed by atoms with Gasteiger partial charge in [-0.05, 0) is 131 Å². The van der Waals surface area contributed by atoms with E-state index in [1.165, 1.54) is 35.2 Å². The average molecular weight is 842 g/mol. The lowest BCUT2D eigenvalue weighted by Gasteiger charge is -2.51. The van der Waals surface area contributed by atoms with Gasteiger partial charge in [0.15, 0.2) is 0 Å². The Hall–Kier alpha value is -5.01. The minimum atomic E-state index is -1.53. The summed E-state index contributed by atoms with van der Waals surface area (Å²) < 4.78 is 21.0. The highest BCUT2D eigenvalue weighted by atomic mass is 127. The smallest absolute Gasteiger partial charge is 0.260 e. The highest BCUT2D eigenvalue weighted by Gasteiger charge is 2.70. The number of benzene rings is 4. The van der Waals surface area contributed by atoms with Crippen LogP contribution in [0.5, 0.6) is 11.5 Å². The zero-order valence-electron chi connectivity index (χ0n) is 27.8. The summed E-state index contributed by atoms with van der Waals surface area (Å²) in [6.45, 7) is 0. The number of nitrogens with zero attached hydrogens (tertiary/aromatic N) is 2. The fourth-order valence-corrected chi connectivity index (χ4v) is 9.80. The Morgan fingerprint density at radius 1 is 0.887 bits per heavy atom. The van der Waals surface area contributed by atoms with Crippen LogP contribution in [-0.2, 0) is 31.0 Å². The molecular formula is C41H30ClFIN3O6. The second-order valence-electron chi connectivity index (χ2n) is 14.1. The van der Waals surface area contributed by atoms with Crippen LogP contribution in [0.4, 0.5) is 15.8 Å². The zero-order valence-corrected chi connectivity index (χ0v) is 30.8. The van der Waals surface area contributed by atoms with Crippen molar-refractivity contribution in [3.05, 3.63) is 140 Å². The molecule has 0 spiro atoms. The topological polar surface area (TPSA) is 116 Å². The lowest BCUT2D eigenvalue weighted by atomic mass is 9.48. The second-order valence-corrected chi connectivity index (χ2v) is 15.8. The quantitative estimate of drug-likeness (QED) is 0.123. The molecule has 9 nitrogen and oxygen atoms in total. The standard InChI is InChI=1S/C41H30ClFIN3O6/c42-24-3-1-23(2-4-24)41-33(38(50)47(40(41)52)45-27-9-5-25(43)6-10-27)19-32-30(36(41)22-17-21-18-29(48)13-16-34(21)53-20-22)14-15-31-35(32)39(51)46(37(31)49)28-11-7-26(44)8-12-28/h1-14,16,18,20,31-33,35-36,45,48H,15,17,19H2. The minimum absolute atomic E-state index is 0.0488. The molecule has 3 fully saturated rings. The summed E-state index contributed by atoms with van der Waals surface area (Å²) >= 11 is 8.56. The normalized spacial score (nSPS) is 27.3. The highest BCUT2D eigenvalue weighted by molar-refractivity contribution is 14.1. The number of rotatable bonds is 5. The molecule has 9 rings (SSSR count). The van der Waals surface area contributed by atoms with E-state index < -0.39 is 52.6 Å². The number of carbonyl (C=O) groups excluding carboxylic acids is 4. The van der Waals surface area contributed by atoms with E-state index in [0.29, 0.717) is 38.8 Å². The van der Waals surface area contributed by atoms with Crippen LogP contribution in [0.25, 0.3) is 0 Å². The number of ether oxygens (including phenoxy) is 1. The van der Waals surface area contributed by atoms with E-state index in [9.17, 15) is 23.9 Å². The second kappa shape index (κ2) is 12.6. The maximum Gasteiger partial charge on any atom is 0.260 e. The number of fused-ring (bicyclic) bond motifs is 5. The summed E-state index contributed by atoms with van der Waals surface area (Å²) in [5, 5.41) is 11.9. The highest BCUT2D eigenvalue weighted by Crippen LogP contribution is 2.63. The number of phenolic OH excluding ortho intramolecular Hbond substituents is 1. The maximum atomic E-state index is 15.3. The Kier molecular flexibility index (Phi) is 8.00. The Morgan fingerprint density at radius 2 is 1.62 bits per heavy atom. The van der Waals surface area contributed by atoms with E-state index in [4.69, 9.17) is 16.3 Å². The van der Waals surface area contributed by atoms with Crippen LogP contribution < -0.4 is 15.1 Å². The largest absolute Gasteiger partial charge is 0.508 e. The Balaban J connectivity index is 1.23. The summed E-state index contributed by atoms with van der Waals surface area (Å²) in [4.78, 5) is 60.0. The molecule has 266 valence electrons. The van der Waals surface area contributed by atoms with Gasteiger partial charge < -0.3 is 9.84 Å². The van der Waals surface area contributed by atoms with Crippen molar-refractivity contribution >= 4 is 69.2 Å². The number of imide groups is 2. The SMILES string of the molecule is O=C1C2CC3C(=CCC4C(=O)N(c5ccc(I)cc5)C(=O)C43)C(C3=COc4ccc(O)cc4C3)C2(c2ccc(Cl)cc2)C(=O)N1Nc1ccc(F)cc1. The molecule has 12 heteroatoms. The van der Waals surface area contributed by atoms with Gasteiger partial charge in [0, 0.05) is 26.5 Å². The van der Waals surface area contributed by atoms with Crippen molar-refractivity contribution in [2.75, 3.05) is 10.3 Å². The maximum absolute atomic E-state index is 15.3. The Morgan fingerprint density at radius 3 is 2.36 bits per heavy atom. The number of halogens is 3. The molecule has 0 bridgehead atoms. The molecule has 1 saturated carbocycles. The van der Waals surface area contributed by atoms with E-state index in [0.717, 1.165) is 14.2 Å². The summed E-state index contributed by atoms with van der Waals surface area (Å²) in [5.74, 6) is -5.31. The van der Waals surface area contributed by atoms with Gasteiger partial charge >= 0.3 is 0 Å². The summed E-state index contributed by atoms with van der Waals surface area (Å²) in [5.41, 5.74) is 4.95. The minimum Gasteiger partial charge on any atom is -0.508 e. The van der Waals surface area contributed by atoms with Crippen LogP contribution in [-0.4, -0.2) is 33.7 Å². The molecule has 6 atom stereocenters. The number of amides is 4. The third-order valence-corrected chi connectivity index (χ3v) is 12.5. The number of allylic oxidation sites excluding steroid dienone is 3. The monoisotopic (exact) mass is 841 g/mol. The lowest BCUT2D eigenvalue weighted by molar-refractivity contribution is -0.139. The molecule has 4 aromatic carbocycles. The van der Waals surface area contributed by atoms with E-state index in [1.807, 2.05) is 18.2 Å². The zero-order chi connectivity index (χ0) is 36.8. The fourth-order valence-electron chi connectivity index (χ4n) is 9.32. The molecular weight excluding hydrogens is 812 g/mol. The van der Waals surface area contributed by atoms with Crippen molar-refractivity contribution in [3.63, 3.8) is 0 Å². The number of hydrogen-bond donors (Lipinski definition) is 2. The summed E-state index contributed by atoms with van der Waals surface area (Å²) in [6.07, 6.45) is 4.26. The first kappa shape index (κ1) is 33.8. The van der Waals surface area contributed by atoms with Gasteiger partial charge in [-0.3, -0.25) is 29.5 Å². The number of hydrazine groups is 1. The predicted octanol–water partition coefficient (Wildman–Crippen LogP) is 7.33. The van der Waals surface area contributed by atoms with Crippen molar-refractivity contribution in [1.82, 2.24) is 5.01 Å². The molecule has 6 unspecified atom stereocenters. The van der Waals surface area contributed by atoms with Gasteiger partial charge in [0.25, 0.3) is 11.8 Å². The van der Waals surface area contributed by atoms with Gasteiger partial charge in [-0.15, -0.1) is 0 Å². The molecule has 5 aliphatic rings. The van der Waals surface area contributed by atoms with E-state index in [1.54, 1.807) is 54.8 Å². The van der Waals surface area contributed by atoms with Crippen LogP contribution in [0.1, 0.15) is 24.0 Å². The predicted molar refractivity (Wildman–Crippen MR) is 202 cm³/mol. The number of aromatic hydroxyl groups is 1. The van der Waals surface area contributed by atoms with Crippen LogP contribution in [0.2, 0.25) is 5.02 Å². The first-order valence-electron chi connectivity index (χ1n) is 17.2. The van der Waals surface area contributed by atoms with Crippen LogP contribution in [0.3, 0.4) is 0 Å². The number of carbonyl (C=O) groups is 4. The van der Waals surface area contributed by atoms with Gasteiger partial charge in [-0.2, -0.15) is 5.01 Å². The third kappa shape index (κ3) is 5.14. The van der Waals surface area contributed by atoms with E-state index in [2.05, 4.69) is 28.0 Å². The molecule has 2 aliphatic carbocycles. The average Bonchev–Trinajstić information content (AvgIpc) is 3.53. The third-order valence-electron chi connectivity index (χ3n) is 11.5. The Bertz CT molecular complexity index is 2300. The van der Waals surface area contributed by atoms with Gasteiger partial charge in [0.05, 0.1) is 40.8 Å². The first-order chi connectivity index (χ1) is 25.6. The van der Waals surface area contributed by atoms with Crippen molar-refractivity contribution in [1.29, 1.82) is 0 Å². The fraction of sp³-hybridized carbons (Fsp3) is 0.220. The molecule has 4 amide bonds. The number of hydrogen-bond acceptors (Lipinski definition) is 7. The summed E-state index contributed by atoms with van der Waals surface area (Å²) in [6, 6.07) is 24.3. The molecule has 3 aliphatic heterocycles. The molecule has 0 radical (unpaired) electrons. The van der Waals surface area contributed by atoms with Crippen LogP contribution in [0, 0.1) is 39.0 Å². The van der Waals surface area contributed by atoms with Crippen molar-refractivity contribution in [3.8, 4) is 11.5 Å². The number of phenols is 1. The molecule has 53 heavy (non-hydrogen) atoms. The van der Waals surface area contributed by atoms with Crippen LogP contribution in [0.15, 0.2) is 114 Å². The number of anilines is 2. The van der Waals surface area contributed by atoms with Crippen molar-refractivity contribution < 1.29 is 33.4 Å². The van der Waals surface area contributed by atoms with E-state index in [-0.39, 0.29) is 36.8 Å².